The van der Waals surface area contributed by atoms with Gasteiger partial charge >= 0.3 is 0 Å². The van der Waals surface area contributed by atoms with E-state index in [-0.39, 0.29) is 40.3 Å². The molecule has 4 amide bonds. The number of amides is 4. The van der Waals surface area contributed by atoms with E-state index in [1.807, 2.05) is 172 Å². The zero-order chi connectivity index (χ0) is 80.7. The summed E-state index contributed by atoms with van der Waals surface area (Å²) in [6, 6.07) is 53.6. The van der Waals surface area contributed by atoms with Gasteiger partial charge in [0.2, 0.25) is 5.91 Å². The molecule has 16 rings (SSSR count). The number of aromatic nitrogens is 12. The molecule has 0 saturated carbocycles. The van der Waals surface area contributed by atoms with Gasteiger partial charge in [0.05, 0.1) is 57.9 Å². The lowest BCUT2D eigenvalue weighted by Gasteiger charge is -2.21. The monoisotopic (exact) mass is 1530 g/mol. The van der Waals surface area contributed by atoms with Crippen LogP contribution in [0.1, 0.15) is 148 Å². The van der Waals surface area contributed by atoms with E-state index >= 15 is 0 Å². The minimum atomic E-state index is -0.820. The SMILES string of the molecule is Cc1nn2cccnc2c1C(=O)N[C@@H](C)c1cc2cccc(C#CCN3CCCC3=O)c2c(=O)n1-c1ccccc1.Cc1nn2cccnc2c1C(=O)N[C@@H](C)c1cc2cccc(C#C[C@@H](C)O)c2c(=O)n1-c1ccccc1.Cc1nn2cccnc2c1C(=O)N[C@@H](C)c1cc2cccc(C#C[C@H](C)O)c2c(=O)n1-c1ccccc1. The molecule has 15 aromatic rings. The summed E-state index contributed by atoms with van der Waals surface area (Å²) in [5.74, 6) is 16.7. The Labute approximate surface area is 659 Å². The first-order valence-corrected chi connectivity index (χ1v) is 37.3. The van der Waals surface area contributed by atoms with Crippen molar-refractivity contribution < 1.29 is 29.4 Å². The fourth-order valence-corrected chi connectivity index (χ4v) is 14.2. The Kier molecular flexibility index (Phi) is 22.4. The third-order valence-electron chi connectivity index (χ3n) is 19.5. The van der Waals surface area contributed by atoms with Crippen molar-refractivity contribution in [2.24, 2.45) is 0 Å². The highest BCUT2D eigenvalue weighted by Gasteiger charge is 2.29. The van der Waals surface area contributed by atoms with Crippen LogP contribution in [-0.2, 0) is 4.79 Å². The topological polar surface area (TPSA) is 305 Å². The van der Waals surface area contributed by atoms with Gasteiger partial charge in [-0.2, -0.15) is 15.3 Å². The molecular weight excluding hydrogens is 1450 g/mol. The number of aliphatic hydroxyl groups is 2. The number of carbonyl (C=O) groups excluding carboxylic acids is 4. The molecule has 1 fully saturated rings. The van der Waals surface area contributed by atoms with Crippen molar-refractivity contribution in [2.75, 3.05) is 13.1 Å². The molecule has 0 spiro atoms. The second kappa shape index (κ2) is 33.5. The molecule has 0 bridgehead atoms. The van der Waals surface area contributed by atoms with Crippen LogP contribution in [-0.4, -0.2) is 122 Å². The predicted octanol–water partition coefficient (Wildman–Crippen LogP) is 10.9. The summed E-state index contributed by atoms with van der Waals surface area (Å²) in [5, 5.41) is 45.1. The van der Waals surface area contributed by atoms with Crippen molar-refractivity contribution in [3.63, 3.8) is 0 Å². The predicted molar refractivity (Wildman–Crippen MR) is 439 cm³/mol. The smallest absolute Gasteiger partial charge is 0.264 e. The standard InChI is InChI=1S/C32H28N6O3.2C29H25N5O3/c1-21(34-31(40)28-22(2)35-37-19-9-16-33-30(28)37)26-20-24-11-6-10-23(12-7-17-36-18-8-15-27(36)39)29(24)32(41)38(26)25-13-4-3-5-14-25;2*1-18(35)13-14-21-9-7-10-22-17-24(34(29(37)26(21)22)23-11-5-4-6-12-23)19(2)31-28(36)25-20(3)32-33-16-8-15-30-27(25)33/h3-6,9-11,13-14,16,19-21H,8,15,17-18H2,1-2H3,(H,34,40);2*4-12,15-19,35H,1-3H3,(H,31,36)/t21-;18-,19+;18-,19-/m010/s1. The molecule has 1 aliphatic heterocycles. The molecule has 6 aromatic carbocycles. The molecule has 0 radical (unpaired) electrons. The van der Waals surface area contributed by atoms with Crippen LogP contribution in [0.25, 0.3) is 66.3 Å². The number of nitrogens with zero attached hydrogens (tertiary/aromatic N) is 13. The number of hydrogen-bond acceptors (Lipinski definition) is 15. The van der Waals surface area contributed by atoms with Gasteiger partial charge in [-0.05, 0) is 169 Å². The van der Waals surface area contributed by atoms with Gasteiger partial charge in [0.25, 0.3) is 34.4 Å². The Hall–Kier alpha value is -14.7. The van der Waals surface area contributed by atoms with E-state index in [1.54, 1.807) is 134 Å². The highest BCUT2D eigenvalue weighted by Crippen LogP contribution is 2.29. The van der Waals surface area contributed by atoms with Crippen LogP contribution in [0.15, 0.2) is 234 Å². The molecule has 1 saturated heterocycles. The van der Waals surface area contributed by atoms with Crippen LogP contribution in [0.3, 0.4) is 0 Å². The molecule has 5 atom stereocenters. The maximum atomic E-state index is 14.2. The number of likely N-dealkylation sites (tertiary alicyclic amines) is 1. The van der Waals surface area contributed by atoms with Gasteiger partial charge in [-0.15, -0.1) is 0 Å². The van der Waals surface area contributed by atoms with E-state index in [0.717, 1.165) is 11.8 Å². The van der Waals surface area contributed by atoms with Crippen LogP contribution in [0.4, 0.5) is 0 Å². The normalized spacial score (nSPS) is 13.1. The van der Waals surface area contributed by atoms with Crippen LogP contribution in [0.5, 0.6) is 0 Å². The summed E-state index contributed by atoms with van der Waals surface area (Å²) >= 11 is 0. The van der Waals surface area contributed by atoms with Crippen LogP contribution in [0, 0.1) is 56.3 Å². The summed E-state index contributed by atoms with van der Waals surface area (Å²) in [6.07, 6.45) is 9.85. The molecule has 0 aliphatic carbocycles. The number of nitrogens with one attached hydrogen (secondary N) is 3. The number of pyridine rings is 3. The van der Waals surface area contributed by atoms with Gasteiger partial charge in [0.15, 0.2) is 16.9 Å². The minimum Gasteiger partial charge on any atom is -0.381 e. The first-order chi connectivity index (χ1) is 55.6. The first kappa shape index (κ1) is 77.0. The minimum absolute atomic E-state index is 0.111. The summed E-state index contributed by atoms with van der Waals surface area (Å²) in [7, 11) is 0. The van der Waals surface area contributed by atoms with Gasteiger partial charge in [0, 0.05) is 101 Å². The molecule has 572 valence electrons. The lowest BCUT2D eigenvalue weighted by Crippen LogP contribution is -2.32. The van der Waals surface area contributed by atoms with Crippen LogP contribution < -0.4 is 32.6 Å². The summed E-state index contributed by atoms with van der Waals surface area (Å²) in [6.45, 7) is 15.0. The van der Waals surface area contributed by atoms with E-state index in [4.69, 9.17) is 0 Å². The fraction of sp³-hybridized carbons (Fsp3) is 0.189. The average Bonchev–Trinajstić information content (AvgIpc) is 1.75. The van der Waals surface area contributed by atoms with Crippen LogP contribution >= 0.6 is 0 Å². The Morgan fingerprint density at radius 1 is 0.426 bits per heavy atom. The Morgan fingerprint density at radius 3 is 1.05 bits per heavy atom. The molecule has 9 aromatic heterocycles. The second-order valence-corrected chi connectivity index (χ2v) is 27.7. The average molecular weight is 1530 g/mol. The number of aliphatic hydroxyl groups excluding tert-OH is 2. The third-order valence-corrected chi connectivity index (χ3v) is 19.5. The van der Waals surface area contributed by atoms with E-state index in [0.29, 0.717) is 148 Å². The highest BCUT2D eigenvalue weighted by atomic mass is 16.3. The number of benzene rings is 6. The van der Waals surface area contributed by atoms with E-state index < -0.39 is 30.3 Å². The molecule has 25 heteroatoms. The largest absolute Gasteiger partial charge is 0.381 e. The van der Waals surface area contributed by atoms with E-state index in [2.05, 4.69) is 81.7 Å². The zero-order valence-electron chi connectivity index (χ0n) is 64.1. The molecule has 5 N–H and O–H groups in total. The van der Waals surface area contributed by atoms with Gasteiger partial charge in [-0.3, -0.25) is 47.3 Å². The van der Waals surface area contributed by atoms with E-state index in [9.17, 15) is 43.8 Å². The molecule has 0 unspecified atom stereocenters. The maximum absolute atomic E-state index is 14.2. The Balaban J connectivity index is 0.000000143. The third kappa shape index (κ3) is 16.0. The number of rotatable bonds is 13. The number of para-hydroxylation sites is 3. The van der Waals surface area contributed by atoms with Gasteiger partial charge in [0.1, 0.15) is 28.9 Å². The quantitative estimate of drug-likeness (QED) is 0.0670. The second-order valence-electron chi connectivity index (χ2n) is 27.7. The van der Waals surface area contributed by atoms with E-state index in [1.165, 1.54) is 0 Å². The lowest BCUT2D eigenvalue weighted by molar-refractivity contribution is -0.127. The van der Waals surface area contributed by atoms with Crippen molar-refractivity contribution in [3.05, 3.63) is 318 Å². The van der Waals surface area contributed by atoms with Gasteiger partial charge in [-0.25, -0.2) is 28.5 Å². The molecule has 1 aliphatic rings. The number of aryl methyl sites for hydroxylation is 3. The molecular formula is C90H78N16O9. The summed E-state index contributed by atoms with van der Waals surface area (Å²) < 4.78 is 9.54. The lowest BCUT2D eigenvalue weighted by atomic mass is 10.0. The van der Waals surface area contributed by atoms with Crippen molar-refractivity contribution in [1.82, 2.24) is 78.3 Å². The molecule has 10 heterocycles. The van der Waals surface area contributed by atoms with Crippen molar-refractivity contribution >= 4 is 72.9 Å². The number of carbonyl (C=O) groups is 4. The van der Waals surface area contributed by atoms with Crippen LogP contribution in [0.2, 0.25) is 0 Å². The Morgan fingerprint density at radius 2 is 0.748 bits per heavy atom. The fourth-order valence-electron chi connectivity index (χ4n) is 14.2. The van der Waals surface area contributed by atoms with Crippen molar-refractivity contribution in [1.29, 1.82) is 0 Å². The zero-order valence-corrected chi connectivity index (χ0v) is 64.1. The summed E-state index contributed by atoms with van der Waals surface area (Å²) in [5.41, 5.74) is 8.99. The van der Waals surface area contributed by atoms with Gasteiger partial charge < -0.3 is 31.1 Å². The maximum Gasteiger partial charge on any atom is 0.264 e. The highest BCUT2D eigenvalue weighted by molar-refractivity contribution is 6.03. The van der Waals surface area contributed by atoms with Crippen molar-refractivity contribution in [2.45, 2.75) is 98.6 Å². The number of fused-ring (bicyclic) bond motifs is 6. The first-order valence-electron chi connectivity index (χ1n) is 37.3. The Bertz CT molecular complexity index is 6460. The molecule has 115 heavy (non-hydrogen) atoms. The molecule has 25 nitrogen and oxygen atoms in total. The van der Waals surface area contributed by atoms with Gasteiger partial charge in [-0.1, -0.05) is 127 Å². The van der Waals surface area contributed by atoms with Crippen molar-refractivity contribution in [3.8, 4) is 52.6 Å². The number of hydrogen-bond donors (Lipinski definition) is 5. The summed E-state index contributed by atoms with van der Waals surface area (Å²) in [4.78, 5) is 109.